The molecule has 1 N–H and O–H groups in total. The number of hydrogen-bond donors (Lipinski definition) is 1. The fraction of sp³-hybridized carbons (Fsp3) is 0.294. The van der Waals surface area contributed by atoms with E-state index < -0.39 is 0 Å². The summed E-state index contributed by atoms with van der Waals surface area (Å²) in [6, 6.07) is 14.7. The Kier molecular flexibility index (Phi) is 4.62. The van der Waals surface area contributed by atoms with Gasteiger partial charge < -0.3 is 5.32 Å². The van der Waals surface area contributed by atoms with Crippen LogP contribution in [0.15, 0.2) is 42.5 Å². The molecule has 0 aliphatic carbocycles. The largest absolute Gasteiger partial charge is 0.306 e. The van der Waals surface area contributed by atoms with Gasteiger partial charge in [0.2, 0.25) is 0 Å². The van der Waals surface area contributed by atoms with E-state index in [-0.39, 0.29) is 6.04 Å². The topological polar surface area (TPSA) is 12.0 Å². The molecule has 2 aromatic carbocycles. The van der Waals surface area contributed by atoms with Crippen molar-refractivity contribution in [2.24, 2.45) is 0 Å². The Hall–Kier alpha value is -1.31. The van der Waals surface area contributed by atoms with Crippen molar-refractivity contribution in [3.63, 3.8) is 0 Å². The van der Waals surface area contributed by atoms with Gasteiger partial charge in [-0.25, -0.2) is 0 Å². The van der Waals surface area contributed by atoms with E-state index in [9.17, 15) is 0 Å². The lowest BCUT2D eigenvalue weighted by Crippen LogP contribution is -2.19. The van der Waals surface area contributed by atoms with Gasteiger partial charge in [-0.3, -0.25) is 0 Å². The lowest BCUT2D eigenvalue weighted by molar-refractivity contribution is 0.572. The number of rotatable bonds is 4. The fourth-order valence-corrected chi connectivity index (χ4v) is 2.62. The minimum atomic E-state index is 0.243. The van der Waals surface area contributed by atoms with Gasteiger partial charge in [-0.1, -0.05) is 48.0 Å². The maximum atomic E-state index is 6.22. The molecule has 0 heterocycles. The van der Waals surface area contributed by atoms with Gasteiger partial charge in [-0.05, 0) is 49.1 Å². The third-order valence-electron chi connectivity index (χ3n) is 3.60. The second kappa shape index (κ2) is 6.23. The zero-order valence-corrected chi connectivity index (χ0v) is 12.5. The highest BCUT2D eigenvalue weighted by Crippen LogP contribution is 2.23. The normalized spacial score (nSPS) is 12.4. The van der Waals surface area contributed by atoms with Crippen LogP contribution in [0.4, 0.5) is 0 Å². The van der Waals surface area contributed by atoms with Crippen molar-refractivity contribution in [2.75, 3.05) is 0 Å². The van der Waals surface area contributed by atoms with Crippen molar-refractivity contribution in [3.05, 3.63) is 69.7 Å². The van der Waals surface area contributed by atoms with E-state index >= 15 is 0 Å². The lowest BCUT2D eigenvalue weighted by atomic mass is 10.0. The average Bonchev–Trinajstić information content (AvgIpc) is 2.38. The van der Waals surface area contributed by atoms with Crippen LogP contribution in [0.1, 0.15) is 35.2 Å². The van der Waals surface area contributed by atoms with Gasteiger partial charge in [0.05, 0.1) is 0 Å². The Labute approximate surface area is 120 Å². The minimum Gasteiger partial charge on any atom is -0.306 e. The molecule has 0 spiro atoms. The minimum absolute atomic E-state index is 0.243. The molecule has 0 unspecified atom stereocenters. The van der Waals surface area contributed by atoms with Crippen molar-refractivity contribution in [1.82, 2.24) is 5.32 Å². The molecule has 0 amide bonds. The summed E-state index contributed by atoms with van der Waals surface area (Å²) in [5.74, 6) is 0. The first-order valence-corrected chi connectivity index (χ1v) is 7.00. The maximum absolute atomic E-state index is 6.22. The summed E-state index contributed by atoms with van der Waals surface area (Å²) < 4.78 is 0. The van der Waals surface area contributed by atoms with Crippen molar-refractivity contribution < 1.29 is 0 Å². The van der Waals surface area contributed by atoms with Gasteiger partial charge in [0.15, 0.2) is 0 Å². The quantitative estimate of drug-likeness (QED) is 0.843. The van der Waals surface area contributed by atoms with E-state index in [0.29, 0.717) is 0 Å². The Morgan fingerprint density at radius 2 is 1.63 bits per heavy atom. The number of nitrogens with one attached hydrogen (secondary N) is 1. The molecule has 19 heavy (non-hydrogen) atoms. The summed E-state index contributed by atoms with van der Waals surface area (Å²) in [5, 5.41) is 4.38. The van der Waals surface area contributed by atoms with Crippen LogP contribution in [0.2, 0.25) is 5.02 Å². The van der Waals surface area contributed by atoms with Crippen LogP contribution in [0, 0.1) is 13.8 Å². The van der Waals surface area contributed by atoms with Crippen molar-refractivity contribution in [3.8, 4) is 0 Å². The third-order valence-corrected chi connectivity index (χ3v) is 3.95. The molecule has 0 fully saturated rings. The highest BCUT2D eigenvalue weighted by Gasteiger charge is 2.09. The number of benzene rings is 2. The number of halogens is 1. The van der Waals surface area contributed by atoms with Gasteiger partial charge in [-0.2, -0.15) is 0 Å². The number of aryl methyl sites for hydroxylation is 2. The second-order valence-electron chi connectivity index (χ2n) is 4.99. The fourth-order valence-electron chi connectivity index (χ4n) is 2.32. The van der Waals surface area contributed by atoms with Crippen LogP contribution in [-0.2, 0) is 6.54 Å². The monoisotopic (exact) mass is 273 g/mol. The van der Waals surface area contributed by atoms with Crippen molar-refractivity contribution in [2.45, 2.75) is 33.4 Å². The summed E-state index contributed by atoms with van der Waals surface area (Å²) in [6.45, 7) is 7.33. The Morgan fingerprint density at radius 3 is 2.26 bits per heavy atom. The molecular weight excluding hydrogens is 254 g/mol. The molecule has 2 heteroatoms. The Balaban J connectivity index is 2.09. The smallest absolute Gasteiger partial charge is 0.0453 e. The first-order chi connectivity index (χ1) is 9.09. The van der Waals surface area contributed by atoms with Crippen LogP contribution in [0.5, 0.6) is 0 Å². The predicted molar refractivity (Wildman–Crippen MR) is 82.6 cm³/mol. The molecule has 0 aromatic heterocycles. The van der Waals surface area contributed by atoms with Crippen molar-refractivity contribution in [1.29, 1.82) is 0 Å². The maximum Gasteiger partial charge on any atom is 0.0453 e. The standard InChI is InChI=1S/C17H20ClN/c1-12-7-6-8-13(2)16(12)11-19-14(3)15-9-4-5-10-17(15)18/h4-10,14,19H,11H2,1-3H3/t14-/m1/s1. The van der Waals surface area contributed by atoms with Gasteiger partial charge in [0.25, 0.3) is 0 Å². The van der Waals surface area contributed by atoms with E-state index in [1.807, 2.05) is 18.2 Å². The highest BCUT2D eigenvalue weighted by molar-refractivity contribution is 6.31. The molecule has 0 aliphatic rings. The van der Waals surface area contributed by atoms with E-state index in [4.69, 9.17) is 11.6 Å². The highest BCUT2D eigenvalue weighted by atomic mass is 35.5. The zero-order chi connectivity index (χ0) is 13.8. The molecule has 0 radical (unpaired) electrons. The predicted octanol–water partition coefficient (Wildman–Crippen LogP) is 4.81. The van der Waals surface area contributed by atoms with E-state index in [2.05, 4.69) is 50.4 Å². The number of hydrogen-bond acceptors (Lipinski definition) is 1. The second-order valence-corrected chi connectivity index (χ2v) is 5.40. The van der Waals surface area contributed by atoms with Crippen LogP contribution >= 0.6 is 11.6 Å². The van der Waals surface area contributed by atoms with Crippen LogP contribution in [-0.4, -0.2) is 0 Å². The van der Waals surface area contributed by atoms with Gasteiger partial charge in [0.1, 0.15) is 0 Å². The molecule has 2 aromatic rings. The molecule has 0 aliphatic heterocycles. The zero-order valence-electron chi connectivity index (χ0n) is 11.7. The van der Waals surface area contributed by atoms with Gasteiger partial charge >= 0.3 is 0 Å². The van der Waals surface area contributed by atoms with Crippen LogP contribution < -0.4 is 5.32 Å². The SMILES string of the molecule is Cc1cccc(C)c1CN[C@H](C)c1ccccc1Cl. The van der Waals surface area contributed by atoms with E-state index in [1.54, 1.807) is 0 Å². The molecule has 0 saturated carbocycles. The molecular formula is C17H20ClN. The molecule has 1 nitrogen and oxygen atoms in total. The first kappa shape index (κ1) is 14.1. The lowest BCUT2D eigenvalue weighted by Gasteiger charge is -2.17. The average molecular weight is 274 g/mol. The summed E-state index contributed by atoms with van der Waals surface area (Å²) in [7, 11) is 0. The molecule has 1 atom stereocenters. The molecule has 0 bridgehead atoms. The van der Waals surface area contributed by atoms with Gasteiger partial charge in [0, 0.05) is 17.6 Å². The summed E-state index contributed by atoms with van der Waals surface area (Å²) >= 11 is 6.22. The van der Waals surface area contributed by atoms with Gasteiger partial charge in [-0.15, -0.1) is 0 Å². The summed E-state index contributed by atoms with van der Waals surface area (Å²) in [4.78, 5) is 0. The van der Waals surface area contributed by atoms with Crippen LogP contribution in [0.3, 0.4) is 0 Å². The Bertz CT molecular complexity index is 543. The summed E-state index contributed by atoms with van der Waals surface area (Å²) in [5.41, 5.74) is 5.19. The summed E-state index contributed by atoms with van der Waals surface area (Å²) in [6.07, 6.45) is 0. The molecule has 2 rings (SSSR count). The third kappa shape index (κ3) is 3.37. The van der Waals surface area contributed by atoms with Crippen LogP contribution in [0.25, 0.3) is 0 Å². The Morgan fingerprint density at radius 1 is 1.00 bits per heavy atom. The molecule has 100 valence electrons. The van der Waals surface area contributed by atoms with E-state index in [0.717, 1.165) is 17.1 Å². The van der Waals surface area contributed by atoms with E-state index in [1.165, 1.54) is 16.7 Å². The molecule has 0 saturated heterocycles. The first-order valence-electron chi connectivity index (χ1n) is 6.62. The van der Waals surface area contributed by atoms with Crippen molar-refractivity contribution >= 4 is 11.6 Å².